The Balaban J connectivity index is 2.01. The van der Waals surface area contributed by atoms with Gasteiger partial charge in [0.1, 0.15) is 5.69 Å². The molecule has 0 saturated heterocycles. The molecule has 0 fully saturated rings. The van der Waals surface area contributed by atoms with Crippen molar-refractivity contribution in [1.82, 2.24) is 19.6 Å². The van der Waals surface area contributed by atoms with Crippen LogP contribution in [0.15, 0.2) is 79.1 Å². The largest absolute Gasteiger partial charge is 0.369 e. The highest BCUT2D eigenvalue weighted by atomic mass is 16.2. The molecule has 5 heteroatoms. The van der Waals surface area contributed by atoms with E-state index in [-0.39, 0.29) is 11.9 Å². The van der Waals surface area contributed by atoms with Gasteiger partial charge in [0.25, 0.3) is 0 Å². The lowest BCUT2D eigenvalue weighted by atomic mass is 9.94. The van der Waals surface area contributed by atoms with Gasteiger partial charge in [-0.05, 0) is 17.5 Å². The molecule has 134 valence electrons. The summed E-state index contributed by atoms with van der Waals surface area (Å²) in [4.78, 5) is 13.1. The summed E-state index contributed by atoms with van der Waals surface area (Å²) >= 11 is 0. The molecule has 2 aromatic heterocycles. The number of rotatable bonds is 3. The van der Waals surface area contributed by atoms with Crippen molar-refractivity contribution in [2.24, 2.45) is 0 Å². The highest BCUT2D eigenvalue weighted by molar-refractivity contribution is 5.88. The number of nitrogens with zero attached hydrogens (tertiary/aromatic N) is 4. The fourth-order valence-electron chi connectivity index (χ4n) is 3.28. The molecule has 0 saturated carbocycles. The SMILES string of the molecule is CC(C)c1c(-c2ccccc2)c(-c2ccccc2)nn1C(=O)n1cccn1. The van der Waals surface area contributed by atoms with Gasteiger partial charge in [-0.25, -0.2) is 4.79 Å². The maximum atomic E-state index is 13.1. The van der Waals surface area contributed by atoms with E-state index in [2.05, 4.69) is 31.1 Å². The fraction of sp³-hybridized carbons (Fsp3) is 0.136. The normalized spacial score (nSPS) is 11.1. The van der Waals surface area contributed by atoms with Crippen LogP contribution in [0.2, 0.25) is 0 Å². The van der Waals surface area contributed by atoms with E-state index in [0.717, 1.165) is 28.1 Å². The molecular weight excluding hydrogens is 336 g/mol. The van der Waals surface area contributed by atoms with E-state index in [0.29, 0.717) is 0 Å². The molecule has 4 aromatic rings. The van der Waals surface area contributed by atoms with Gasteiger partial charge in [0.2, 0.25) is 0 Å². The van der Waals surface area contributed by atoms with Crippen molar-refractivity contribution in [3.63, 3.8) is 0 Å². The number of hydrogen-bond donors (Lipinski definition) is 0. The van der Waals surface area contributed by atoms with Crippen LogP contribution in [0, 0.1) is 0 Å². The minimum absolute atomic E-state index is 0.102. The van der Waals surface area contributed by atoms with Crippen LogP contribution in [0.1, 0.15) is 25.5 Å². The lowest BCUT2D eigenvalue weighted by molar-refractivity contribution is 0.237. The molecule has 27 heavy (non-hydrogen) atoms. The summed E-state index contributed by atoms with van der Waals surface area (Å²) in [6.45, 7) is 4.15. The van der Waals surface area contributed by atoms with Crippen LogP contribution in [0.3, 0.4) is 0 Å². The van der Waals surface area contributed by atoms with Crippen molar-refractivity contribution in [1.29, 1.82) is 0 Å². The van der Waals surface area contributed by atoms with Crippen molar-refractivity contribution in [3.8, 4) is 22.4 Å². The van der Waals surface area contributed by atoms with Crippen molar-refractivity contribution in [2.45, 2.75) is 19.8 Å². The van der Waals surface area contributed by atoms with Gasteiger partial charge in [-0.15, -0.1) is 0 Å². The molecule has 2 aromatic carbocycles. The van der Waals surface area contributed by atoms with Crippen molar-refractivity contribution in [2.75, 3.05) is 0 Å². The van der Waals surface area contributed by atoms with E-state index in [1.807, 2.05) is 48.5 Å². The van der Waals surface area contributed by atoms with E-state index < -0.39 is 0 Å². The van der Waals surface area contributed by atoms with E-state index in [4.69, 9.17) is 5.10 Å². The molecule has 0 bridgehead atoms. The Kier molecular flexibility index (Phi) is 4.42. The monoisotopic (exact) mass is 356 g/mol. The van der Waals surface area contributed by atoms with E-state index in [1.54, 1.807) is 18.5 Å². The quantitative estimate of drug-likeness (QED) is 0.516. The lowest BCUT2D eigenvalue weighted by Crippen LogP contribution is -2.23. The molecule has 0 aliphatic heterocycles. The molecule has 0 radical (unpaired) electrons. The number of aromatic nitrogens is 4. The molecule has 5 nitrogen and oxygen atoms in total. The predicted molar refractivity (Wildman–Crippen MR) is 106 cm³/mol. The van der Waals surface area contributed by atoms with Crippen molar-refractivity contribution >= 4 is 6.03 Å². The Labute approximate surface area is 157 Å². The molecule has 4 rings (SSSR count). The highest BCUT2D eigenvalue weighted by Gasteiger charge is 2.26. The zero-order valence-corrected chi connectivity index (χ0v) is 15.3. The third kappa shape index (κ3) is 3.08. The van der Waals surface area contributed by atoms with Crippen LogP contribution in [-0.2, 0) is 0 Å². The summed E-state index contributed by atoms with van der Waals surface area (Å²) < 4.78 is 2.80. The number of carbonyl (C=O) groups excluding carboxylic acids is 1. The number of benzene rings is 2. The van der Waals surface area contributed by atoms with Gasteiger partial charge < -0.3 is 0 Å². The molecule has 2 heterocycles. The van der Waals surface area contributed by atoms with Gasteiger partial charge in [-0.1, -0.05) is 74.5 Å². The zero-order valence-electron chi connectivity index (χ0n) is 15.3. The first-order chi connectivity index (χ1) is 13.2. The van der Waals surface area contributed by atoms with Crippen LogP contribution in [-0.4, -0.2) is 25.6 Å². The summed E-state index contributed by atoms with van der Waals surface area (Å²) in [6, 6.07) is 21.5. The highest BCUT2D eigenvalue weighted by Crippen LogP contribution is 2.37. The first kappa shape index (κ1) is 17.0. The smallest absolute Gasteiger partial charge is 0.244 e. The van der Waals surface area contributed by atoms with Gasteiger partial charge in [-0.2, -0.15) is 19.6 Å². The van der Waals surface area contributed by atoms with Crippen LogP contribution in [0.4, 0.5) is 4.79 Å². The fourth-order valence-corrected chi connectivity index (χ4v) is 3.28. The topological polar surface area (TPSA) is 52.7 Å². The average Bonchev–Trinajstić information content (AvgIpc) is 3.37. The van der Waals surface area contributed by atoms with Gasteiger partial charge >= 0.3 is 6.03 Å². The summed E-state index contributed by atoms with van der Waals surface area (Å²) in [5.41, 5.74) is 4.67. The molecule has 0 unspecified atom stereocenters. The van der Waals surface area contributed by atoms with E-state index >= 15 is 0 Å². The molecule has 0 spiro atoms. The average molecular weight is 356 g/mol. The van der Waals surface area contributed by atoms with Gasteiger partial charge in [0.15, 0.2) is 0 Å². The molecule has 0 aliphatic rings. The molecule has 0 N–H and O–H groups in total. The minimum atomic E-state index is -0.289. The summed E-state index contributed by atoms with van der Waals surface area (Å²) in [7, 11) is 0. The van der Waals surface area contributed by atoms with Crippen molar-refractivity contribution in [3.05, 3.63) is 84.8 Å². The summed E-state index contributed by atoms with van der Waals surface area (Å²) in [6.07, 6.45) is 3.23. The minimum Gasteiger partial charge on any atom is -0.244 e. The van der Waals surface area contributed by atoms with Crippen LogP contribution in [0.25, 0.3) is 22.4 Å². The predicted octanol–water partition coefficient (Wildman–Crippen LogP) is 5.05. The number of hydrogen-bond acceptors (Lipinski definition) is 3. The summed E-state index contributed by atoms with van der Waals surface area (Å²) in [5.74, 6) is 0.102. The van der Waals surface area contributed by atoms with Gasteiger partial charge in [-0.3, -0.25) is 0 Å². The third-order valence-electron chi connectivity index (χ3n) is 4.46. The van der Waals surface area contributed by atoms with Crippen LogP contribution < -0.4 is 0 Å². The Morgan fingerprint density at radius 2 is 1.52 bits per heavy atom. The zero-order chi connectivity index (χ0) is 18.8. The maximum Gasteiger partial charge on any atom is 0.369 e. The Hall–Kier alpha value is -3.47. The van der Waals surface area contributed by atoms with Crippen LogP contribution in [0.5, 0.6) is 0 Å². The Morgan fingerprint density at radius 1 is 0.889 bits per heavy atom. The number of carbonyl (C=O) groups is 1. The standard InChI is InChI=1S/C22H20N4O/c1-16(2)21-19(17-10-5-3-6-11-17)20(18-12-7-4-8-13-18)24-26(21)22(27)25-15-9-14-23-25/h3-16H,1-2H3. The first-order valence-electron chi connectivity index (χ1n) is 8.95. The second kappa shape index (κ2) is 7.03. The van der Waals surface area contributed by atoms with Crippen molar-refractivity contribution < 1.29 is 4.79 Å². The first-order valence-corrected chi connectivity index (χ1v) is 8.95. The Bertz CT molecular complexity index is 1050. The van der Waals surface area contributed by atoms with E-state index in [1.165, 1.54) is 9.36 Å². The Morgan fingerprint density at radius 3 is 2.07 bits per heavy atom. The molecule has 0 aliphatic carbocycles. The molecular formula is C22H20N4O. The van der Waals surface area contributed by atoms with Gasteiger partial charge in [0, 0.05) is 23.5 Å². The molecule has 0 amide bonds. The van der Waals surface area contributed by atoms with E-state index in [9.17, 15) is 4.79 Å². The molecule has 0 atom stereocenters. The third-order valence-corrected chi connectivity index (χ3v) is 4.46. The second-order valence-electron chi connectivity index (χ2n) is 6.64. The van der Waals surface area contributed by atoms with Crippen LogP contribution >= 0.6 is 0 Å². The summed E-state index contributed by atoms with van der Waals surface area (Å²) in [5, 5.41) is 8.82. The lowest BCUT2D eigenvalue weighted by Gasteiger charge is -2.12. The van der Waals surface area contributed by atoms with Gasteiger partial charge in [0.05, 0.1) is 5.69 Å². The maximum absolute atomic E-state index is 13.1. The second-order valence-corrected chi connectivity index (χ2v) is 6.64.